The lowest BCUT2D eigenvalue weighted by Gasteiger charge is -2.18. The van der Waals surface area contributed by atoms with Gasteiger partial charge in [-0.1, -0.05) is 23.7 Å². The number of hydrazine groups is 1. The Morgan fingerprint density at radius 1 is 1.20 bits per heavy atom. The number of aromatic hydroxyl groups is 1. The average Bonchev–Trinajstić information content (AvgIpc) is 2.59. The Balaban J connectivity index is 2.26. The second-order valence-corrected chi connectivity index (χ2v) is 5.51. The average molecular weight is 365 g/mol. The lowest BCUT2D eigenvalue weighted by atomic mass is 10.1. The smallest absolute Gasteiger partial charge is 0.280 e. The number of amides is 2. The minimum atomic E-state index is -0.811. The van der Waals surface area contributed by atoms with Crippen LogP contribution in [0.2, 0.25) is 5.02 Å². The summed E-state index contributed by atoms with van der Waals surface area (Å²) in [7, 11) is 2.80. The first-order valence-corrected chi connectivity index (χ1v) is 7.56. The number of phenolic OH excluding ortho intramolecular Hbond substituents is 1. The fourth-order valence-electron chi connectivity index (χ4n) is 2.20. The molecule has 0 fully saturated rings. The van der Waals surface area contributed by atoms with Crippen molar-refractivity contribution >= 4 is 23.4 Å². The van der Waals surface area contributed by atoms with E-state index in [0.717, 1.165) is 0 Å². The van der Waals surface area contributed by atoms with Crippen LogP contribution >= 0.6 is 11.6 Å². The van der Waals surface area contributed by atoms with Crippen molar-refractivity contribution in [3.8, 4) is 17.2 Å². The molecular weight excluding hydrogens is 348 g/mol. The predicted molar refractivity (Wildman–Crippen MR) is 91.7 cm³/mol. The number of carbonyl (C=O) groups is 2. The largest absolute Gasteiger partial charge is 0.508 e. The van der Waals surface area contributed by atoms with E-state index >= 15 is 0 Å². The normalized spacial score (nSPS) is 10.2. The second kappa shape index (κ2) is 7.87. The first-order valence-electron chi connectivity index (χ1n) is 7.18. The van der Waals surface area contributed by atoms with Crippen LogP contribution in [0.15, 0.2) is 36.4 Å². The molecule has 0 saturated heterocycles. The van der Waals surface area contributed by atoms with Gasteiger partial charge in [0.15, 0.2) is 0 Å². The molecule has 132 valence electrons. The molecular formula is C17H17ClN2O5. The van der Waals surface area contributed by atoms with Crippen molar-refractivity contribution < 1.29 is 24.2 Å². The predicted octanol–water partition coefficient (Wildman–Crippen LogP) is 2.15. The maximum Gasteiger partial charge on any atom is 0.280 e. The summed E-state index contributed by atoms with van der Waals surface area (Å²) in [4.78, 5) is 24.8. The van der Waals surface area contributed by atoms with E-state index in [9.17, 15) is 14.7 Å². The number of carbonyl (C=O) groups excluding carboxylic acids is 2. The number of rotatable bonds is 5. The number of phenols is 1. The highest BCUT2D eigenvalue weighted by Gasteiger charge is 2.26. The molecule has 0 aromatic heterocycles. The molecule has 0 aliphatic carbocycles. The van der Waals surface area contributed by atoms with Crippen LogP contribution in [0, 0.1) is 0 Å². The minimum Gasteiger partial charge on any atom is -0.508 e. The molecule has 8 heteroatoms. The number of nitrogens with zero attached hydrogens (tertiary/aromatic N) is 1. The molecule has 3 N–H and O–H groups in total. The van der Waals surface area contributed by atoms with E-state index in [1.807, 2.05) is 0 Å². The van der Waals surface area contributed by atoms with Crippen molar-refractivity contribution in [1.82, 2.24) is 5.01 Å². The van der Waals surface area contributed by atoms with Gasteiger partial charge in [0.1, 0.15) is 22.8 Å². The topological polar surface area (TPSA) is 102 Å². The zero-order valence-electron chi connectivity index (χ0n) is 13.7. The van der Waals surface area contributed by atoms with Gasteiger partial charge < -0.3 is 14.6 Å². The van der Waals surface area contributed by atoms with Gasteiger partial charge >= 0.3 is 0 Å². The van der Waals surface area contributed by atoms with Gasteiger partial charge in [0.05, 0.1) is 25.7 Å². The molecule has 0 bridgehead atoms. The van der Waals surface area contributed by atoms with E-state index < -0.39 is 11.8 Å². The number of imide groups is 1. The Hall–Kier alpha value is -2.77. The third-order valence-corrected chi connectivity index (χ3v) is 3.75. The highest BCUT2D eigenvalue weighted by molar-refractivity contribution is 6.34. The lowest BCUT2D eigenvalue weighted by Crippen LogP contribution is -2.43. The van der Waals surface area contributed by atoms with Crippen molar-refractivity contribution in [2.24, 2.45) is 5.84 Å². The fraction of sp³-hybridized carbons (Fsp3) is 0.176. The standard InChI is InChI=1S/C17H17ClN2O5/c1-24-12-8-13(18)16(14(9-12)25-2)17(23)20(19)15(22)7-10-4-3-5-11(21)6-10/h3-6,8-9,21H,7,19H2,1-2H3. The first kappa shape index (κ1) is 18.6. The Kier molecular flexibility index (Phi) is 5.84. The molecule has 2 amide bonds. The first-order chi connectivity index (χ1) is 11.9. The van der Waals surface area contributed by atoms with E-state index in [0.29, 0.717) is 16.3 Å². The van der Waals surface area contributed by atoms with Crippen LogP contribution in [-0.4, -0.2) is 36.1 Å². The number of hydrogen-bond acceptors (Lipinski definition) is 6. The van der Waals surface area contributed by atoms with Gasteiger partial charge in [-0.15, -0.1) is 0 Å². The van der Waals surface area contributed by atoms with E-state index in [1.165, 1.54) is 38.5 Å². The van der Waals surface area contributed by atoms with Crippen molar-refractivity contribution in [2.45, 2.75) is 6.42 Å². The Labute approximate surface area is 149 Å². The molecule has 0 aliphatic rings. The summed E-state index contributed by atoms with van der Waals surface area (Å²) in [6.45, 7) is 0. The van der Waals surface area contributed by atoms with Crippen LogP contribution in [0.25, 0.3) is 0 Å². The molecule has 0 radical (unpaired) electrons. The summed E-state index contributed by atoms with van der Waals surface area (Å²) in [5.74, 6) is 4.74. The number of benzene rings is 2. The van der Waals surface area contributed by atoms with Crippen LogP contribution < -0.4 is 15.3 Å². The SMILES string of the molecule is COc1cc(Cl)c(C(=O)N(N)C(=O)Cc2cccc(O)c2)c(OC)c1. The van der Waals surface area contributed by atoms with E-state index in [-0.39, 0.29) is 28.5 Å². The monoisotopic (exact) mass is 364 g/mol. The number of ether oxygens (including phenoxy) is 2. The maximum atomic E-state index is 12.6. The summed E-state index contributed by atoms with van der Waals surface area (Å²) in [6, 6.07) is 9.00. The highest BCUT2D eigenvalue weighted by atomic mass is 35.5. The molecule has 0 saturated carbocycles. The number of nitrogens with two attached hydrogens (primary N) is 1. The van der Waals surface area contributed by atoms with Crippen LogP contribution in [0.1, 0.15) is 15.9 Å². The lowest BCUT2D eigenvalue weighted by molar-refractivity contribution is -0.128. The van der Waals surface area contributed by atoms with Gasteiger partial charge in [0.2, 0.25) is 5.91 Å². The van der Waals surface area contributed by atoms with E-state index in [4.69, 9.17) is 26.9 Å². The number of hydrogen-bond donors (Lipinski definition) is 2. The summed E-state index contributed by atoms with van der Waals surface area (Å²) in [5, 5.41) is 9.95. The van der Waals surface area contributed by atoms with Crippen molar-refractivity contribution in [3.05, 3.63) is 52.5 Å². The summed E-state index contributed by atoms with van der Waals surface area (Å²) < 4.78 is 10.2. The van der Waals surface area contributed by atoms with E-state index in [1.54, 1.807) is 12.1 Å². The molecule has 0 atom stereocenters. The van der Waals surface area contributed by atoms with Crippen LogP contribution in [-0.2, 0) is 11.2 Å². The van der Waals surface area contributed by atoms with Gasteiger partial charge in [0, 0.05) is 6.07 Å². The molecule has 25 heavy (non-hydrogen) atoms. The van der Waals surface area contributed by atoms with Gasteiger partial charge in [-0.25, -0.2) is 10.9 Å². The molecule has 0 spiro atoms. The summed E-state index contributed by atoms with van der Waals surface area (Å²) >= 11 is 6.11. The summed E-state index contributed by atoms with van der Waals surface area (Å²) in [5.41, 5.74) is 0.470. The molecule has 0 unspecified atom stereocenters. The second-order valence-electron chi connectivity index (χ2n) is 5.10. The Morgan fingerprint density at radius 2 is 1.92 bits per heavy atom. The highest BCUT2D eigenvalue weighted by Crippen LogP contribution is 2.32. The molecule has 2 aromatic carbocycles. The summed E-state index contributed by atoms with van der Waals surface area (Å²) in [6.07, 6.45) is -0.160. The minimum absolute atomic E-state index is 0.0140. The quantitative estimate of drug-likeness (QED) is 0.479. The zero-order chi connectivity index (χ0) is 18.6. The van der Waals surface area contributed by atoms with Gasteiger partial charge in [-0.2, -0.15) is 0 Å². The molecule has 0 heterocycles. The maximum absolute atomic E-state index is 12.6. The Bertz CT molecular complexity index is 810. The third kappa shape index (κ3) is 4.20. The third-order valence-electron chi connectivity index (χ3n) is 3.45. The van der Waals surface area contributed by atoms with Gasteiger partial charge in [0.25, 0.3) is 5.91 Å². The molecule has 2 rings (SSSR count). The fourth-order valence-corrected chi connectivity index (χ4v) is 2.49. The van der Waals surface area contributed by atoms with Crippen LogP contribution in [0.4, 0.5) is 0 Å². The zero-order valence-corrected chi connectivity index (χ0v) is 14.4. The number of halogens is 1. The van der Waals surface area contributed by atoms with Gasteiger partial charge in [-0.05, 0) is 23.8 Å². The Morgan fingerprint density at radius 3 is 2.52 bits per heavy atom. The van der Waals surface area contributed by atoms with Crippen molar-refractivity contribution in [3.63, 3.8) is 0 Å². The van der Waals surface area contributed by atoms with Crippen molar-refractivity contribution in [2.75, 3.05) is 14.2 Å². The van der Waals surface area contributed by atoms with Gasteiger partial charge in [-0.3, -0.25) is 9.59 Å². The number of methoxy groups -OCH3 is 2. The molecule has 0 aliphatic heterocycles. The van der Waals surface area contributed by atoms with Crippen molar-refractivity contribution in [1.29, 1.82) is 0 Å². The molecule has 2 aromatic rings. The van der Waals surface area contributed by atoms with Crippen LogP contribution in [0.3, 0.4) is 0 Å². The van der Waals surface area contributed by atoms with Crippen LogP contribution in [0.5, 0.6) is 17.2 Å². The molecule has 7 nitrogen and oxygen atoms in total. The van der Waals surface area contributed by atoms with E-state index in [2.05, 4.69) is 0 Å².